The lowest BCUT2D eigenvalue weighted by Crippen LogP contribution is -2.41. The molecule has 1 rings (SSSR count). The van der Waals surface area contributed by atoms with E-state index in [1.54, 1.807) is 0 Å². The van der Waals surface area contributed by atoms with Gasteiger partial charge in [-0.2, -0.15) is 4.31 Å². The first-order valence-electron chi connectivity index (χ1n) is 5.45. The molecule has 20 heavy (non-hydrogen) atoms. The van der Waals surface area contributed by atoms with E-state index in [9.17, 15) is 26.4 Å². The Morgan fingerprint density at radius 3 is 2.15 bits per heavy atom. The van der Waals surface area contributed by atoms with Crippen LogP contribution in [-0.2, 0) is 14.8 Å². The number of aliphatic carboxylic acids is 1. The van der Waals surface area contributed by atoms with Crippen molar-refractivity contribution in [2.24, 2.45) is 0 Å². The highest BCUT2D eigenvalue weighted by Gasteiger charge is 2.32. The molecule has 0 saturated heterocycles. The van der Waals surface area contributed by atoms with E-state index in [0.717, 1.165) is 0 Å². The molecule has 0 unspecified atom stereocenters. The zero-order valence-corrected chi connectivity index (χ0v) is 11.4. The van der Waals surface area contributed by atoms with Gasteiger partial charge >= 0.3 is 5.97 Å². The largest absolute Gasteiger partial charge is 0.480 e. The van der Waals surface area contributed by atoms with Crippen molar-refractivity contribution in [2.75, 3.05) is 6.54 Å². The van der Waals surface area contributed by atoms with Gasteiger partial charge in [-0.3, -0.25) is 4.79 Å². The van der Waals surface area contributed by atoms with Gasteiger partial charge in [-0.15, -0.1) is 0 Å². The average Bonchev–Trinajstić information content (AvgIpc) is 2.29. The molecule has 1 N–H and O–H groups in total. The number of carboxylic acid groups (broad SMARTS) is 1. The number of sulfonamides is 1. The van der Waals surface area contributed by atoms with Crippen LogP contribution in [0.2, 0.25) is 0 Å². The van der Waals surface area contributed by atoms with Crippen molar-refractivity contribution in [1.29, 1.82) is 0 Å². The van der Waals surface area contributed by atoms with Crippen LogP contribution in [0.5, 0.6) is 0 Å². The molecule has 0 amide bonds. The Morgan fingerprint density at radius 1 is 1.20 bits per heavy atom. The molecule has 0 fully saturated rings. The maximum Gasteiger partial charge on any atom is 0.318 e. The lowest BCUT2D eigenvalue weighted by atomic mass is 10.3. The molecule has 5 nitrogen and oxygen atoms in total. The van der Waals surface area contributed by atoms with Crippen molar-refractivity contribution < 1.29 is 31.5 Å². The number of rotatable bonds is 5. The summed E-state index contributed by atoms with van der Waals surface area (Å²) in [5, 5.41) is 8.68. The Bertz CT molecular complexity index is 631. The predicted octanol–water partition coefficient (Wildman–Crippen LogP) is 1.59. The van der Waals surface area contributed by atoms with Gasteiger partial charge < -0.3 is 5.11 Å². The molecule has 0 saturated carbocycles. The Hall–Kier alpha value is -1.61. The summed E-state index contributed by atoms with van der Waals surface area (Å²) in [6.07, 6.45) is 0. The highest BCUT2D eigenvalue weighted by molar-refractivity contribution is 7.89. The lowest BCUT2D eigenvalue weighted by molar-refractivity contribution is -0.137. The average molecular weight is 311 g/mol. The quantitative estimate of drug-likeness (QED) is 0.838. The second kappa shape index (κ2) is 5.80. The minimum Gasteiger partial charge on any atom is -0.480 e. The standard InChI is InChI=1S/C11H12F3NO4S/c1-6(2)15(5-11(16)17)20(18,19)10-4-8(13)7(12)3-9(10)14/h3-4,6H,5H2,1-2H3,(H,16,17). The highest BCUT2D eigenvalue weighted by Crippen LogP contribution is 2.23. The Morgan fingerprint density at radius 2 is 1.70 bits per heavy atom. The fourth-order valence-corrected chi connectivity index (χ4v) is 3.15. The van der Waals surface area contributed by atoms with Gasteiger partial charge in [0, 0.05) is 12.1 Å². The summed E-state index contributed by atoms with van der Waals surface area (Å²) >= 11 is 0. The van der Waals surface area contributed by atoms with E-state index in [4.69, 9.17) is 5.11 Å². The molecule has 9 heteroatoms. The first-order valence-corrected chi connectivity index (χ1v) is 6.89. The molecular weight excluding hydrogens is 299 g/mol. The first-order chi connectivity index (χ1) is 9.07. The van der Waals surface area contributed by atoms with E-state index >= 15 is 0 Å². The summed E-state index contributed by atoms with van der Waals surface area (Å²) in [6.45, 7) is 1.83. The zero-order chi connectivity index (χ0) is 15.7. The molecule has 0 radical (unpaired) electrons. The topological polar surface area (TPSA) is 74.7 Å². The molecule has 1 aromatic carbocycles. The maximum absolute atomic E-state index is 13.5. The summed E-state index contributed by atoms with van der Waals surface area (Å²) in [5.41, 5.74) is 0. The van der Waals surface area contributed by atoms with E-state index in [1.165, 1.54) is 13.8 Å². The van der Waals surface area contributed by atoms with Crippen molar-refractivity contribution in [1.82, 2.24) is 4.31 Å². The predicted molar refractivity (Wildman–Crippen MR) is 63.0 cm³/mol. The third-order valence-electron chi connectivity index (χ3n) is 2.43. The number of benzene rings is 1. The molecule has 1 aromatic rings. The molecule has 0 aliphatic heterocycles. The maximum atomic E-state index is 13.5. The fourth-order valence-electron chi connectivity index (χ4n) is 1.51. The number of carbonyl (C=O) groups is 1. The van der Waals surface area contributed by atoms with Crippen LogP contribution in [0, 0.1) is 17.5 Å². The van der Waals surface area contributed by atoms with Crippen LogP contribution in [0.15, 0.2) is 17.0 Å². The molecule has 0 aliphatic carbocycles. The van der Waals surface area contributed by atoms with E-state index < -0.39 is 50.9 Å². The molecule has 0 atom stereocenters. The van der Waals surface area contributed by atoms with Crippen LogP contribution >= 0.6 is 0 Å². The molecule has 112 valence electrons. The van der Waals surface area contributed by atoms with Crippen molar-refractivity contribution in [3.05, 3.63) is 29.6 Å². The number of carboxylic acids is 1. The number of halogens is 3. The third-order valence-corrected chi connectivity index (χ3v) is 4.47. The Labute approximate surface area is 113 Å². The van der Waals surface area contributed by atoms with Crippen molar-refractivity contribution >= 4 is 16.0 Å². The van der Waals surface area contributed by atoms with Crippen molar-refractivity contribution in [3.63, 3.8) is 0 Å². The number of hydrogen-bond donors (Lipinski definition) is 1. The fraction of sp³-hybridized carbons (Fsp3) is 0.364. The molecule has 0 spiro atoms. The van der Waals surface area contributed by atoms with Crippen LogP contribution in [0.1, 0.15) is 13.8 Å². The zero-order valence-electron chi connectivity index (χ0n) is 10.6. The monoisotopic (exact) mass is 311 g/mol. The van der Waals surface area contributed by atoms with Gasteiger partial charge in [0.25, 0.3) is 0 Å². The normalized spacial score (nSPS) is 12.2. The molecular formula is C11H12F3NO4S. The molecule has 0 heterocycles. The van der Waals surface area contributed by atoms with Gasteiger partial charge in [0.05, 0.1) is 0 Å². The van der Waals surface area contributed by atoms with Crippen molar-refractivity contribution in [3.8, 4) is 0 Å². The van der Waals surface area contributed by atoms with E-state index in [2.05, 4.69) is 0 Å². The number of hydrogen-bond acceptors (Lipinski definition) is 3. The van der Waals surface area contributed by atoms with Crippen LogP contribution in [0.25, 0.3) is 0 Å². The van der Waals surface area contributed by atoms with Crippen LogP contribution < -0.4 is 0 Å². The van der Waals surface area contributed by atoms with Gasteiger partial charge in [0.15, 0.2) is 11.6 Å². The minimum atomic E-state index is -4.59. The summed E-state index contributed by atoms with van der Waals surface area (Å²) in [4.78, 5) is 9.56. The van der Waals surface area contributed by atoms with Crippen LogP contribution in [0.4, 0.5) is 13.2 Å². The van der Waals surface area contributed by atoms with Gasteiger partial charge in [-0.25, -0.2) is 21.6 Å². The van der Waals surface area contributed by atoms with E-state index in [-0.39, 0.29) is 12.1 Å². The van der Waals surface area contributed by atoms with Gasteiger partial charge in [0.1, 0.15) is 17.3 Å². The summed E-state index contributed by atoms with van der Waals surface area (Å²) < 4.78 is 64.1. The molecule has 0 aromatic heterocycles. The molecule has 0 aliphatic rings. The van der Waals surface area contributed by atoms with Crippen molar-refractivity contribution in [2.45, 2.75) is 24.8 Å². The van der Waals surface area contributed by atoms with Gasteiger partial charge in [0.2, 0.25) is 10.0 Å². The van der Waals surface area contributed by atoms with Gasteiger partial charge in [-0.1, -0.05) is 0 Å². The second-order valence-corrected chi connectivity index (χ2v) is 6.09. The lowest BCUT2D eigenvalue weighted by Gasteiger charge is -2.24. The van der Waals surface area contributed by atoms with E-state index in [0.29, 0.717) is 4.31 Å². The number of nitrogens with zero attached hydrogens (tertiary/aromatic N) is 1. The smallest absolute Gasteiger partial charge is 0.318 e. The van der Waals surface area contributed by atoms with Gasteiger partial charge in [-0.05, 0) is 19.9 Å². The van der Waals surface area contributed by atoms with Crippen LogP contribution in [0.3, 0.4) is 0 Å². The van der Waals surface area contributed by atoms with E-state index in [1.807, 2.05) is 0 Å². The summed E-state index contributed by atoms with van der Waals surface area (Å²) in [5.74, 6) is -6.01. The van der Waals surface area contributed by atoms with Crippen LogP contribution in [-0.4, -0.2) is 36.4 Å². The minimum absolute atomic E-state index is 0.0987. The first kappa shape index (κ1) is 16.4. The third kappa shape index (κ3) is 3.28. The highest BCUT2D eigenvalue weighted by atomic mass is 32.2. The summed E-state index contributed by atoms with van der Waals surface area (Å²) in [7, 11) is -4.59. The molecule has 0 bridgehead atoms. The SMILES string of the molecule is CC(C)N(CC(=O)O)S(=O)(=O)c1cc(F)c(F)cc1F. The second-order valence-electron chi connectivity index (χ2n) is 4.23. The Balaban J connectivity index is 3.41. The Kier molecular flexibility index (Phi) is 4.77. The summed E-state index contributed by atoms with van der Waals surface area (Å²) in [6, 6.07) is -0.512.